The molecule has 0 aliphatic rings. The highest BCUT2D eigenvalue weighted by molar-refractivity contribution is 5.84. The molecule has 0 heterocycles. The molecule has 0 aliphatic heterocycles. The lowest BCUT2D eigenvalue weighted by Gasteiger charge is -2.12. The molecule has 10 nitrogen and oxygen atoms in total. The molecule has 1 N–H and O–H groups in total. The number of rotatable bonds is 7. The Labute approximate surface area is 147 Å². The Bertz CT molecular complexity index is 850. The van der Waals surface area contributed by atoms with Crippen molar-refractivity contribution in [2.75, 3.05) is 0 Å². The van der Waals surface area contributed by atoms with Gasteiger partial charge in [-0.2, -0.15) is 5.10 Å². The first-order chi connectivity index (χ1) is 12.4. The fourth-order valence-electron chi connectivity index (χ4n) is 1.90. The van der Waals surface area contributed by atoms with Gasteiger partial charge >= 0.3 is 5.69 Å². The molecule has 10 heteroatoms. The molecule has 0 saturated heterocycles. The van der Waals surface area contributed by atoms with Crippen LogP contribution in [0, 0.1) is 20.2 Å². The number of para-hydroxylation sites is 2. The SMILES string of the molecule is C[C@@H](Oc1ccccc1[N+](=O)[O-])C(=O)NN=Cc1ccc([N+](=O)[O-])cc1. The van der Waals surface area contributed by atoms with Crippen molar-refractivity contribution in [3.8, 4) is 5.75 Å². The summed E-state index contributed by atoms with van der Waals surface area (Å²) in [6.45, 7) is 1.42. The molecule has 0 aromatic heterocycles. The Hall–Kier alpha value is -3.82. The number of hydrogen-bond acceptors (Lipinski definition) is 7. The van der Waals surface area contributed by atoms with Crippen LogP contribution < -0.4 is 10.2 Å². The van der Waals surface area contributed by atoms with Gasteiger partial charge in [0.2, 0.25) is 0 Å². The van der Waals surface area contributed by atoms with Gasteiger partial charge in [-0.05, 0) is 30.7 Å². The van der Waals surface area contributed by atoms with Crippen molar-refractivity contribution < 1.29 is 19.4 Å². The van der Waals surface area contributed by atoms with Crippen LogP contribution in [-0.2, 0) is 4.79 Å². The minimum atomic E-state index is -1.02. The molecule has 1 atom stereocenters. The van der Waals surface area contributed by atoms with Gasteiger partial charge in [-0.15, -0.1) is 0 Å². The third-order valence-electron chi connectivity index (χ3n) is 3.23. The summed E-state index contributed by atoms with van der Waals surface area (Å²) in [4.78, 5) is 32.3. The van der Waals surface area contributed by atoms with Crippen LogP contribution in [0.5, 0.6) is 5.75 Å². The van der Waals surface area contributed by atoms with Crippen molar-refractivity contribution in [2.45, 2.75) is 13.0 Å². The van der Waals surface area contributed by atoms with Gasteiger partial charge in [0.25, 0.3) is 11.6 Å². The number of hydrazone groups is 1. The van der Waals surface area contributed by atoms with E-state index in [0.717, 1.165) is 0 Å². The Kier molecular flexibility index (Phi) is 5.93. The third-order valence-corrected chi connectivity index (χ3v) is 3.23. The highest BCUT2D eigenvalue weighted by atomic mass is 16.6. The highest BCUT2D eigenvalue weighted by Gasteiger charge is 2.20. The lowest BCUT2D eigenvalue weighted by molar-refractivity contribution is -0.386. The molecule has 0 spiro atoms. The minimum absolute atomic E-state index is 0.0282. The minimum Gasteiger partial charge on any atom is -0.474 e. The first-order valence-corrected chi connectivity index (χ1v) is 7.36. The van der Waals surface area contributed by atoms with E-state index >= 15 is 0 Å². The second kappa shape index (κ2) is 8.33. The number of carbonyl (C=O) groups is 1. The Morgan fingerprint density at radius 2 is 1.77 bits per heavy atom. The zero-order valence-electron chi connectivity index (χ0n) is 13.6. The van der Waals surface area contributed by atoms with Gasteiger partial charge in [-0.25, -0.2) is 5.43 Å². The molecule has 0 unspecified atom stereocenters. The summed E-state index contributed by atoms with van der Waals surface area (Å²) in [6.07, 6.45) is 0.282. The van der Waals surface area contributed by atoms with Crippen LogP contribution in [0.25, 0.3) is 0 Å². The van der Waals surface area contributed by atoms with Crippen LogP contribution in [0.15, 0.2) is 53.6 Å². The molecule has 0 radical (unpaired) electrons. The van der Waals surface area contributed by atoms with E-state index in [-0.39, 0.29) is 17.1 Å². The molecule has 0 fully saturated rings. The van der Waals surface area contributed by atoms with Gasteiger partial charge in [0.1, 0.15) is 0 Å². The molecule has 2 aromatic rings. The van der Waals surface area contributed by atoms with E-state index in [1.807, 2.05) is 0 Å². The van der Waals surface area contributed by atoms with Gasteiger partial charge in [-0.1, -0.05) is 12.1 Å². The Morgan fingerprint density at radius 3 is 2.38 bits per heavy atom. The second-order valence-corrected chi connectivity index (χ2v) is 5.07. The lowest BCUT2D eigenvalue weighted by Crippen LogP contribution is -2.33. The van der Waals surface area contributed by atoms with Gasteiger partial charge in [0, 0.05) is 18.2 Å². The van der Waals surface area contributed by atoms with E-state index in [1.165, 1.54) is 55.6 Å². The molecule has 0 bridgehead atoms. The fourth-order valence-corrected chi connectivity index (χ4v) is 1.90. The first kappa shape index (κ1) is 18.5. The summed E-state index contributed by atoms with van der Waals surface area (Å²) in [5.41, 5.74) is 2.48. The summed E-state index contributed by atoms with van der Waals surface area (Å²) < 4.78 is 5.31. The number of nitro benzene ring substituents is 2. The van der Waals surface area contributed by atoms with Crippen molar-refractivity contribution in [1.29, 1.82) is 0 Å². The van der Waals surface area contributed by atoms with Crippen molar-refractivity contribution in [3.63, 3.8) is 0 Å². The number of nitro groups is 2. The van der Waals surface area contributed by atoms with Crippen molar-refractivity contribution in [1.82, 2.24) is 5.43 Å². The standard InChI is InChI=1S/C16H14N4O6/c1-11(26-15-5-3-2-4-14(15)20(24)25)16(21)18-17-10-12-6-8-13(9-7-12)19(22)23/h2-11H,1H3,(H,18,21)/t11-/m1/s1. The molecule has 134 valence electrons. The van der Waals surface area contributed by atoms with Crippen molar-refractivity contribution >= 4 is 23.5 Å². The molecule has 0 saturated carbocycles. The topological polar surface area (TPSA) is 137 Å². The van der Waals surface area contributed by atoms with Crippen LogP contribution in [0.3, 0.4) is 0 Å². The van der Waals surface area contributed by atoms with Crippen molar-refractivity contribution in [3.05, 3.63) is 74.3 Å². The van der Waals surface area contributed by atoms with Crippen LogP contribution in [0.4, 0.5) is 11.4 Å². The smallest absolute Gasteiger partial charge is 0.310 e. The maximum atomic E-state index is 12.0. The molecule has 26 heavy (non-hydrogen) atoms. The van der Waals surface area contributed by atoms with E-state index in [1.54, 1.807) is 6.07 Å². The van der Waals surface area contributed by atoms with Crippen LogP contribution in [0.1, 0.15) is 12.5 Å². The second-order valence-electron chi connectivity index (χ2n) is 5.07. The van der Waals surface area contributed by atoms with E-state index in [9.17, 15) is 25.0 Å². The Balaban J connectivity index is 1.95. The summed E-state index contributed by atoms with van der Waals surface area (Å²) in [6, 6.07) is 11.3. The summed E-state index contributed by atoms with van der Waals surface area (Å²) in [7, 11) is 0. The molecular formula is C16H14N4O6. The fraction of sp³-hybridized carbons (Fsp3) is 0.125. The predicted octanol–water partition coefficient (Wildman–Crippen LogP) is 2.42. The number of non-ortho nitro benzene ring substituents is 1. The maximum absolute atomic E-state index is 12.0. The van der Waals surface area contributed by atoms with E-state index in [4.69, 9.17) is 4.74 Å². The molecule has 1 amide bonds. The molecule has 2 rings (SSSR count). The zero-order valence-corrected chi connectivity index (χ0v) is 13.6. The Morgan fingerprint density at radius 1 is 1.12 bits per heavy atom. The van der Waals surface area contributed by atoms with Crippen molar-refractivity contribution in [2.24, 2.45) is 5.10 Å². The number of ether oxygens (including phenoxy) is 1. The number of carbonyl (C=O) groups excluding carboxylic acids is 1. The third kappa shape index (κ3) is 4.84. The number of hydrogen-bond donors (Lipinski definition) is 1. The van der Waals surface area contributed by atoms with Gasteiger partial charge in [0.15, 0.2) is 11.9 Å². The van der Waals surface area contributed by atoms with E-state index in [0.29, 0.717) is 5.56 Å². The quantitative estimate of drug-likeness (QED) is 0.458. The van der Waals surface area contributed by atoms with E-state index < -0.39 is 21.9 Å². The van der Waals surface area contributed by atoms with E-state index in [2.05, 4.69) is 10.5 Å². The highest BCUT2D eigenvalue weighted by Crippen LogP contribution is 2.26. The predicted molar refractivity (Wildman–Crippen MR) is 92.0 cm³/mol. The zero-order chi connectivity index (χ0) is 19.1. The summed E-state index contributed by atoms with van der Waals surface area (Å²) >= 11 is 0. The summed E-state index contributed by atoms with van der Waals surface area (Å²) in [5, 5.41) is 25.2. The number of nitrogens with zero attached hydrogens (tertiary/aromatic N) is 3. The average molecular weight is 358 g/mol. The van der Waals surface area contributed by atoms with Gasteiger partial charge < -0.3 is 4.74 Å². The van der Waals surface area contributed by atoms with Gasteiger partial charge in [-0.3, -0.25) is 25.0 Å². The van der Waals surface area contributed by atoms with Crippen LogP contribution in [-0.4, -0.2) is 28.1 Å². The number of benzene rings is 2. The van der Waals surface area contributed by atoms with Crippen LogP contribution in [0.2, 0.25) is 0 Å². The monoisotopic (exact) mass is 358 g/mol. The number of nitrogens with one attached hydrogen (secondary N) is 1. The lowest BCUT2D eigenvalue weighted by atomic mass is 10.2. The van der Waals surface area contributed by atoms with Gasteiger partial charge in [0.05, 0.1) is 16.1 Å². The largest absolute Gasteiger partial charge is 0.474 e. The number of amides is 1. The average Bonchev–Trinajstić information content (AvgIpc) is 2.62. The first-order valence-electron chi connectivity index (χ1n) is 7.36. The molecular weight excluding hydrogens is 344 g/mol. The molecule has 0 aliphatic carbocycles. The van der Waals surface area contributed by atoms with Crippen LogP contribution >= 0.6 is 0 Å². The summed E-state index contributed by atoms with van der Waals surface area (Å²) in [5.74, 6) is -0.638. The maximum Gasteiger partial charge on any atom is 0.310 e. The molecule has 2 aromatic carbocycles. The normalized spacial score (nSPS) is 11.7.